The van der Waals surface area contributed by atoms with E-state index in [9.17, 15) is 8.78 Å². The van der Waals surface area contributed by atoms with E-state index in [0.717, 1.165) is 31.7 Å². The Morgan fingerprint density at radius 3 is 2.74 bits per heavy atom. The van der Waals surface area contributed by atoms with Crippen LogP contribution < -0.4 is 14.8 Å². The van der Waals surface area contributed by atoms with Crippen molar-refractivity contribution in [1.82, 2.24) is 10.2 Å². The van der Waals surface area contributed by atoms with Gasteiger partial charge in [-0.1, -0.05) is 0 Å². The molecule has 3 rings (SSSR count). The van der Waals surface area contributed by atoms with Crippen LogP contribution in [0.1, 0.15) is 24.8 Å². The van der Waals surface area contributed by atoms with Gasteiger partial charge in [-0.25, -0.2) is 0 Å². The van der Waals surface area contributed by atoms with Crippen LogP contribution in [0.5, 0.6) is 11.5 Å². The van der Waals surface area contributed by atoms with Crippen LogP contribution in [0.15, 0.2) is 18.2 Å². The van der Waals surface area contributed by atoms with Crippen molar-refractivity contribution in [1.29, 1.82) is 0 Å². The van der Waals surface area contributed by atoms with Crippen molar-refractivity contribution in [2.75, 3.05) is 33.3 Å². The third-order valence-electron chi connectivity index (χ3n) is 5.06. The molecule has 1 aromatic carbocycles. The van der Waals surface area contributed by atoms with Crippen LogP contribution in [0, 0.1) is 5.41 Å². The standard InChI is InChI=1S/C17H24F2N2O2/c1-22-14-2-3-15(23-16(18)19)13(10-14)11-21-9-6-17(12-21)4-7-20-8-5-17/h2-3,10,16,20H,4-9,11-12H2,1H3. The second kappa shape index (κ2) is 7.01. The average molecular weight is 326 g/mol. The Morgan fingerprint density at radius 1 is 1.26 bits per heavy atom. The summed E-state index contributed by atoms with van der Waals surface area (Å²) in [5.74, 6) is 0.907. The highest BCUT2D eigenvalue weighted by molar-refractivity contribution is 5.40. The molecule has 23 heavy (non-hydrogen) atoms. The molecule has 0 unspecified atom stereocenters. The number of likely N-dealkylation sites (tertiary alicyclic amines) is 1. The summed E-state index contributed by atoms with van der Waals surface area (Å²) < 4.78 is 35.1. The molecule has 0 radical (unpaired) electrons. The van der Waals surface area contributed by atoms with E-state index >= 15 is 0 Å². The van der Waals surface area contributed by atoms with Crippen LogP contribution in [-0.2, 0) is 6.54 Å². The average Bonchev–Trinajstić information content (AvgIpc) is 2.91. The molecule has 2 aliphatic rings. The zero-order valence-electron chi connectivity index (χ0n) is 13.5. The summed E-state index contributed by atoms with van der Waals surface area (Å²) in [6, 6.07) is 5.02. The van der Waals surface area contributed by atoms with Gasteiger partial charge in [0.25, 0.3) is 0 Å². The van der Waals surface area contributed by atoms with Gasteiger partial charge in [0.05, 0.1) is 7.11 Å². The van der Waals surface area contributed by atoms with Gasteiger partial charge in [0, 0.05) is 18.7 Å². The first-order valence-corrected chi connectivity index (χ1v) is 8.15. The molecule has 0 amide bonds. The van der Waals surface area contributed by atoms with E-state index in [0.29, 0.717) is 17.7 Å². The van der Waals surface area contributed by atoms with E-state index in [4.69, 9.17) is 4.74 Å². The summed E-state index contributed by atoms with van der Waals surface area (Å²) in [4.78, 5) is 2.35. The topological polar surface area (TPSA) is 33.7 Å². The number of benzene rings is 1. The molecule has 6 heteroatoms. The first kappa shape index (κ1) is 16.5. The Labute approximate surface area is 135 Å². The van der Waals surface area contributed by atoms with E-state index in [-0.39, 0.29) is 5.75 Å². The van der Waals surface area contributed by atoms with E-state index in [1.165, 1.54) is 19.3 Å². The molecule has 0 saturated carbocycles. The number of halogens is 2. The summed E-state index contributed by atoms with van der Waals surface area (Å²) in [5.41, 5.74) is 1.16. The van der Waals surface area contributed by atoms with Gasteiger partial charge in [0.1, 0.15) is 11.5 Å². The second-order valence-corrected chi connectivity index (χ2v) is 6.56. The smallest absolute Gasteiger partial charge is 0.387 e. The number of nitrogens with one attached hydrogen (secondary N) is 1. The molecule has 0 bridgehead atoms. The van der Waals surface area contributed by atoms with Gasteiger partial charge in [-0.2, -0.15) is 8.78 Å². The number of hydrogen-bond acceptors (Lipinski definition) is 4. The number of hydrogen-bond donors (Lipinski definition) is 1. The molecule has 4 nitrogen and oxygen atoms in total. The third kappa shape index (κ3) is 3.93. The molecule has 0 aromatic heterocycles. The van der Waals surface area contributed by atoms with Crippen molar-refractivity contribution in [2.45, 2.75) is 32.4 Å². The van der Waals surface area contributed by atoms with Gasteiger partial charge < -0.3 is 14.8 Å². The van der Waals surface area contributed by atoms with Crippen molar-refractivity contribution in [3.8, 4) is 11.5 Å². The molecule has 2 aliphatic heterocycles. The summed E-state index contributed by atoms with van der Waals surface area (Å²) >= 11 is 0. The third-order valence-corrected chi connectivity index (χ3v) is 5.06. The highest BCUT2D eigenvalue weighted by atomic mass is 19.3. The zero-order valence-corrected chi connectivity index (χ0v) is 13.5. The van der Waals surface area contributed by atoms with Crippen LogP contribution in [-0.4, -0.2) is 44.8 Å². The maximum absolute atomic E-state index is 12.6. The number of nitrogens with zero attached hydrogens (tertiary/aromatic N) is 1. The zero-order chi connectivity index (χ0) is 16.3. The minimum absolute atomic E-state index is 0.243. The SMILES string of the molecule is COc1ccc(OC(F)F)c(CN2CCC3(CCNCC3)C2)c1. The number of alkyl halides is 2. The fourth-order valence-electron chi connectivity index (χ4n) is 3.79. The largest absolute Gasteiger partial charge is 0.497 e. The summed E-state index contributed by atoms with van der Waals surface area (Å²) in [5, 5.41) is 3.41. The molecule has 0 aliphatic carbocycles. The lowest BCUT2D eigenvalue weighted by Gasteiger charge is -2.34. The molecule has 128 valence electrons. The highest BCUT2D eigenvalue weighted by Crippen LogP contribution is 2.39. The van der Waals surface area contributed by atoms with Crippen molar-refractivity contribution in [3.05, 3.63) is 23.8 Å². The quantitative estimate of drug-likeness (QED) is 0.902. The van der Waals surface area contributed by atoms with Crippen LogP contribution in [0.3, 0.4) is 0 Å². The lowest BCUT2D eigenvalue weighted by atomic mass is 9.78. The normalized spacial score (nSPS) is 21.0. The van der Waals surface area contributed by atoms with Gasteiger partial charge in [-0.3, -0.25) is 4.90 Å². The van der Waals surface area contributed by atoms with Gasteiger partial charge in [-0.15, -0.1) is 0 Å². The Morgan fingerprint density at radius 2 is 2.04 bits per heavy atom. The van der Waals surface area contributed by atoms with Crippen molar-refractivity contribution < 1.29 is 18.3 Å². The monoisotopic (exact) mass is 326 g/mol. The summed E-state index contributed by atoms with van der Waals surface area (Å²) in [6.45, 7) is 2.00. The van der Waals surface area contributed by atoms with E-state index < -0.39 is 6.61 Å². The van der Waals surface area contributed by atoms with Gasteiger partial charge in [0.15, 0.2) is 0 Å². The second-order valence-electron chi connectivity index (χ2n) is 6.56. The molecular formula is C17H24F2N2O2. The fraction of sp³-hybridized carbons (Fsp3) is 0.647. The maximum Gasteiger partial charge on any atom is 0.387 e. The van der Waals surface area contributed by atoms with Crippen LogP contribution >= 0.6 is 0 Å². The first-order chi connectivity index (χ1) is 11.1. The van der Waals surface area contributed by atoms with Crippen LogP contribution in [0.2, 0.25) is 0 Å². The molecule has 2 heterocycles. The van der Waals surface area contributed by atoms with E-state index in [2.05, 4.69) is 15.0 Å². The Bertz CT molecular complexity index is 533. The summed E-state index contributed by atoms with van der Waals surface area (Å²) in [6.07, 6.45) is 3.58. The molecular weight excluding hydrogens is 302 g/mol. The Balaban J connectivity index is 1.71. The first-order valence-electron chi connectivity index (χ1n) is 8.15. The van der Waals surface area contributed by atoms with Gasteiger partial charge in [-0.05, 0) is 62.5 Å². The Hall–Kier alpha value is -1.40. The Kier molecular flexibility index (Phi) is 5.02. The van der Waals surface area contributed by atoms with Crippen LogP contribution in [0.25, 0.3) is 0 Å². The molecule has 2 saturated heterocycles. The fourth-order valence-corrected chi connectivity index (χ4v) is 3.79. The molecule has 1 N–H and O–H groups in total. The van der Waals surface area contributed by atoms with Crippen molar-refractivity contribution in [2.24, 2.45) is 5.41 Å². The predicted octanol–water partition coefficient (Wildman–Crippen LogP) is 2.87. The van der Waals surface area contributed by atoms with E-state index in [1.54, 1.807) is 25.3 Å². The number of piperidine rings is 1. The summed E-state index contributed by atoms with van der Waals surface area (Å²) in [7, 11) is 1.58. The minimum atomic E-state index is -2.81. The molecule has 1 aromatic rings. The predicted molar refractivity (Wildman–Crippen MR) is 84.1 cm³/mol. The van der Waals surface area contributed by atoms with E-state index in [1.807, 2.05) is 0 Å². The highest BCUT2D eigenvalue weighted by Gasteiger charge is 2.38. The van der Waals surface area contributed by atoms with Crippen LogP contribution in [0.4, 0.5) is 8.78 Å². The van der Waals surface area contributed by atoms with Crippen molar-refractivity contribution in [3.63, 3.8) is 0 Å². The molecule has 0 atom stereocenters. The lowest BCUT2D eigenvalue weighted by molar-refractivity contribution is -0.0508. The maximum atomic E-state index is 12.6. The number of ether oxygens (including phenoxy) is 2. The van der Waals surface area contributed by atoms with Gasteiger partial charge >= 0.3 is 6.61 Å². The number of rotatable bonds is 5. The minimum Gasteiger partial charge on any atom is -0.497 e. The van der Waals surface area contributed by atoms with Crippen molar-refractivity contribution >= 4 is 0 Å². The molecule has 2 fully saturated rings. The molecule has 1 spiro atoms. The lowest BCUT2D eigenvalue weighted by Crippen LogP contribution is -2.38. The van der Waals surface area contributed by atoms with Gasteiger partial charge in [0.2, 0.25) is 0 Å². The number of methoxy groups -OCH3 is 1.